The van der Waals surface area contributed by atoms with Gasteiger partial charge in [0.2, 0.25) is 0 Å². The van der Waals surface area contributed by atoms with Crippen LogP contribution in [0.1, 0.15) is 10.5 Å². The summed E-state index contributed by atoms with van der Waals surface area (Å²) in [6.45, 7) is 7.99. The fourth-order valence-corrected chi connectivity index (χ4v) is 2.69. The van der Waals surface area contributed by atoms with Gasteiger partial charge in [-0.05, 0) is 12.1 Å². The third kappa shape index (κ3) is 3.46. The number of carbonyl (C=O) groups is 1. The van der Waals surface area contributed by atoms with E-state index in [1.807, 2.05) is 24.3 Å². The zero-order chi connectivity index (χ0) is 14.8. The van der Waals surface area contributed by atoms with E-state index in [9.17, 15) is 4.79 Å². The molecule has 0 spiro atoms. The van der Waals surface area contributed by atoms with Gasteiger partial charge in [0.25, 0.3) is 5.91 Å². The minimum Gasteiger partial charge on any atom is -0.364 e. The third-order valence-corrected chi connectivity index (χ3v) is 4.81. The van der Waals surface area contributed by atoms with Gasteiger partial charge in [-0.25, -0.2) is 4.68 Å². The lowest BCUT2D eigenvalue weighted by atomic mass is 10.2. The Morgan fingerprint density at radius 2 is 2.05 bits per heavy atom. The second kappa shape index (κ2) is 5.76. The first-order chi connectivity index (χ1) is 9.38. The lowest BCUT2D eigenvalue weighted by Gasteiger charge is -2.15. The van der Waals surface area contributed by atoms with Crippen molar-refractivity contribution in [3.63, 3.8) is 0 Å². The number of hydrogen-bond acceptors (Lipinski definition) is 3. The fourth-order valence-electron chi connectivity index (χ4n) is 1.94. The Balaban J connectivity index is 2.12. The van der Waals surface area contributed by atoms with Crippen molar-refractivity contribution in [3.05, 3.63) is 30.0 Å². The Morgan fingerprint density at radius 3 is 2.70 bits per heavy atom. The van der Waals surface area contributed by atoms with Crippen LogP contribution < -0.4 is 5.73 Å². The quantitative estimate of drug-likeness (QED) is 0.656. The third-order valence-electron chi connectivity index (χ3n) is 3.10. The number of rotatable bonds is 6. The van der Waals surface area contributed by atoms with E-state index in [0.717, 1.165) is 23.6 Å². The normalized spacial score (nSPS) is 11.9. The number of hydrogen-bond donors (Lipinski definition) is 1. The van der Waals surface area contributed by atoms with Crippen LogP contribution in [0.4, 0.5) is 0 Å². The minimum absolute atomic E-state index is 0.300. The molecule has 0 aliphatic rings. The molecule has 1 amide bonds. The first-order valence-corrected chi connectivity index (χ1v) is 10.4. The number of carbonyl (C=O) groups excluding carboxylic acids is 1. The molecule has 0 saturated heterocycles. The summed E-state index contributed by atoms with van der Waals surface area (Å²) in [6.07, 6.45) is 0. The molecule has 0 unspecified atom stereocenters. The van der Waals surface area contributed by atoms with Crippen molar-refractivity contribution < 1.29 is 9.53 Å². The van der Waals surface area contributed by atoms with Crippen LogP contribution in [0.5, 0.6) is 0 Å². The van der Waals surface area contributed by atoms with Crippen molar-refractivity contribution in [1.82, 2.24) is 9.78 Å². The molecular weight excluding hydrogens is 270 g/mol. The monoisotopic (exact) mass is 291 g/mol. The molecule has 0 radical (unpaired) electrons. The van der Waals surface area contributed by atoms with Crippen LogP contribution >= 0.6 is 0 Å². The van der Waals surface area contributed by atoms with Crippen LogP contribution in [0.25, 0.3) is 10.9 Å². The van der Waals surface area contributed by atoms with E-state index < -0.39 is 14.0 Å². The van der Waals surface area contributed by atoms with Crippen LogP contribution in [0.15, 0.2) is 24.3 Å². The number of para-hydroxylation sites is 1. The van der Waals surface area contributed by atoms with Crippen molar-refractivity contribution in [3.8, 4) is 0 Å². The fraction of sp³-hybridized carbons (Fsp3) is 0.429. The van der Waals surface area contributed by atoms with Gasteiger partial charge >= 0.3 is 0 Å². The number of ether oxygens (including phenoxy) is 1. The molecule has 5 nitrogen and oxygen atoms in total. The summed E-state index contributed by atoms with van der Waals surface area (Å²) < 4.78 is 7.37. The van der Waals surface area contributed by atoms with Gasteiger partial charge in [0, 0.05) is 20.1 Å². The summed E-state index contributed by atoms with van der Waals surface area (Å²) in [4.78, 5) is 11.4. The molecule has 1 aromatic carbocycles. The summed E-state index contributed by atoms with van der Waals surface area (Å²) in [6, 6.07) is 8.65. The Bertz CT molecular complexity index is 616. The maximum absolute atomic E-state index is 11.4. The second-order valence-corrected chi connectivity index (χ2v) is 11.7. The molecule has 0 atom stereocenters. The molecule has 1 aromatic heterocycles. The number of benzene rings is 1. The van der Waals surface area contributed by atoms with Crippen molar-refractivity contribution in [1.29, 1.82) is 0 Å². The Labute approximate surface area is 119 Å². The van der Waals surface area contributed by atoms with Crippen LogP contribution in [0.3, 0.4) is 0 Å². The zero-order valence-corrected chi connectivity index (χ0v) is 13.2. The molecule has 0 aliphatic carbocycles. The highest BCUT2D eigenvalue weighted by atomic mass is 28.3. The maximum atomic E-state index is 11.4. The highest BCUT2D eigenvalue weighted by molar-refractivity contribution is 6.76. The van der Waals surface area contributed by atoms with Crippen molar-refractivity contribution in [2.75, 3.05) is 6.61 Å². The molecule has 1 heterocycles. The van der Waals surface area contributed by atoms with Gasteiger partial charge in [0.15, 0.2) is 5.69 Å². The highest BCUT2D eigenvalue weighted by Crippen LogP contribution is 2.18. The van der Waals surface area contributed by atoms with Gasteiger partial charge < -0.3 is 10.5 Å². The van der Waals surface area contributed by atoms with E-state index in [4.69, 9.17) is 10.5 Å². The van der Waals surface area contributed by atoms with E-state index in [1.54, 1.807) is 4.68 Å². The molecule has 2 rings (SSSR count). The molecule has 2 aromatic rings. The van der Waals surface area contributed by atoms with E-state index >= 15 is 0 Å². The van der Waals surface area contributed by atoms with Gasteiger partial charge in [0.05, 0.1) is 5.52 Å². The Hall–Kier alpha value is -1.66. The number of nitrogens with two attached hydrogens (primary N) is 1. The van der Waals surface area contributed by atoms with Gasteiger partial charge in [-0.15, -0.1) is 0 Å². The lowest BCUT2D eigenvalue weighted by Crippen LogP contribution is -2.22. The SMILES string of the molecule is C[Si](C)(C)CCOCn1nc(C(N)=O)c2ccccc21. The average Bonchev–Trinajstić information content (AvgIpc) is 2.73. The first-order valence-electron chi connectivity index (χ1n) is 6.71. The van der Waals surface area contributed by atoms with Crippen molar-refractivity contribution in [2.45, 2.75) is 32.4 Å². The molecule has 0 bridgehead atoms. The van der Waals surface area contributed by atoms with E-state index in [2.05, 4.69) is 24.7 Å². The van der Waals surface area contributed by atoms with Gasteiger partial charge in [-0.3, -0.25) is 4.79 Å². The van der Waals surface area contributed by atoms with Gasteiger partial charge in [-0.2, -0.15) is 5.10 Å². The molecule has 6 heteroatoms. The number of primary amides is 1. The van der Waals surface area contributed by atoms with Gasteiger partial charge in [-0.1, -0.05) is 37.8 Å². The van der Waals surface area contributed by atoms with Crippen LogP contribution in [-0.2, 0) is 11.5 Å². The van der Waals surface area contributed by atoms with Crippen LogP contribution in [0.2, 0.25) is 25.7 Å². The Kier molecular flexibility index (Phi) is 4.25. The van der Waals surface area contributed by atoms with Crippen molar-refractivity contribution in [2.24, 2.45) is 5.73 Å². The molecule has 0 fully saturated rings. The zero-order valence-electron chi connectivity index (χ0n) is 12.2. The van der Waals surface area contributed by atoms with E-state index in [-0.39, 0.29) is 0 Å². The van der Waals surface area contributed by atoms with E-state index in [1.165, 1.54) is 0 Å². The number of amides is 1. The molecule has 0 aliphatic heterocycles. The van der Waals surface area contributed by atoms with E-state index in [0.29, 0.717) is 12.4 Å². The molecule has 20 heavy (non-hydrogen) atoms. The summed E-state index contributed by atoms with van der Waals surface area (Å²) in [7, 11) is -1.09. The average molecular weight is 291 g/mol. The molecule has 108 valence electrons. The number of aromatic nitrogens is 2. The summed E-state index contributed by atoms with van der Waals surface area (Å²) in [5, 5.41) is 5.02. The Morgan fingerprint density at radius 1 is 1.35 bits per heavy atom. The minimum atomic E-state index is -1.09. The smallest absolute Gasteiger partial charge is 0.269 e. The molecular formula is C14H21N3O2Si. The van der Waals surface area contributed by atoms with Crippen molar-refractivity contribution >= 4 is 24.9 Å². The standard InChI is InChI=1S/C14H21N3O2Si/c1-20(2,3)9-8-19-10-17-12-7-5-4-6-11(12)13(16-17)14(15)18/h4-7H,8-10H2,1-3H3,(H2,15,18). The summed E-state index contributed by atoms with van der Waals surface area (Å²) in [5.74, 6) is -0.512. The topological polar surface area (TPSA) is 70.1 Å². The van der Waals surface area contributed by atoms with Crippen LogP contribution in [0, 0.1) is 0 Å². The lowest BCUT2D eigenvalue weighted by molar-refractivity contribution is 0.0808. The summed E-state index contributed by atoms with van der Waals surface area (Å²) in [5.41, 5.74) is 6.53. The largest absolute Gasteiger partial charge is 0.364 e. The predicted octanol–water partition coefficient (Wildman–Crippen LogP) is 2.45. The first kappa shape index (κ1) is 14.7. The molecule has 2 N–H and O–H groups in total. The summed E-state index contributed by atoms with van der Waals surface area (Å²) >= 11 is 0. The molecule has 0 saturated carbocycles. The second-order valence-electron chi connectivity index (χ2n) is 6.08. The highest BCUT2D eigenvalue weighted by Gasteiger charge is 2.15. The van der Waals surface area contributed by atoms with Crippen LogP contribution in [-0.4, -0.2) is 30.4 Å². The number of nitrogens with zero attached hydrogens (tertiary/aromatic N) is 2. The predicted molar refractivity (Wildman–Crippen MR) is 82.4 cm³/mol. The maximum Gasteiger partial charge on any atom is 0.269 e. The number of fused-ring (bicyclic) bond motifs is 1. The van der Waals surface area contributed by atoms with Gasteiger partial charge in [0.1, 0.15) is 6.73 Å².